The minimum absolute atomic E-state index is 0.669. The van der Waals surface area contributed by atoms with Crippen molar-refractivity contribution in [1.29, 1.82) is 0 Å². The van der Waals surface area contributed by atoms with Crippen LogP contribution in [0.5, 0.6) is 0 Å². The number of thiazole rings is 1. The molecular formula is C21H33N5S. The van der Waals surface area contributed by atoms with Gasteiger partial charge in [-0.1, -0.05) is 38.1 Å². The first kappa shape index (κ1) is 21.4. The second-order valence-electron chi connectivity index (χ2n) is 6.57. The van der Waals surface area contributed by atoms with Crippen molar-refractivity contribution in [2.24, 2.45) is 4.99 Å². The van der Waals surface area contributed by atoms with Crippen LogP contribution in [0.25, 0.3) is 0 Å². The monoisotopic (exact) mass is 387 g/mol. The van der Waals surface area contributed by atoms with E-state index >= 15 is 0 Å². The molecule has 6 heteroatoms. The number of nitrogens with zero attached hydrogens (tertiary/aromatic N) is 3. The summed E-state index contributed by atoms with van der Waals surface area (Å²) in [7, 11) is 0. The molecule has 2 rings (SSSR count). The standard InChI is InChI=1S/C21H33N5S/c1-6-22-21(24-14-20-16(4)25-17(5)27-20)23-13-18-10-9-11-19(12-18)15-26(7-2)8-3/h9-12H,6-8,13-15H2,1-5H3,(H2,22,23,24). The van der Waals surface area contributed by atoms with Crippen molar-refractivity contribution in [3.8, 4) is 0 Å². The van der Waals surface area contributed by atoms with Crippen molar-refractivity contribution in [3.05, 3.63) is 51.0 Å². The maximum atomic E-state index is 4.76. The number of nitrogens with one attached hydrogen (secondary N) is 2. The lowest BCUT2D eigenvalue weighted by molar-refractivity contribution is 0.296. The Balaban J connectivity index is 2.00. The fourth-order valence-electron chi connectivity index (χ4n) is 2.95. The first-order chi connectivity index (χ1) is 13.0. The number of rotatable bonds is 9. The second kappa shape index (κ2) is 11.0. The average Bonchev–Trinajstić information content (AvgIpc) is 2.99. The van der Waals surface area contributed by atoms with Gasteiger partial charge in [0.15, 0.2) is 5.96 Å². The molecule has 0 saturated heterocycles. The van der Waals surface area contributed by atoms with Gasteiger partial charge in [0.05, 0.1) is 23.8 Å². The molecular weight excluding hydrogens is 354 g/mol. The number of aliphatic imine (C=N–C) groups is 1. The van der Waals surface area contributed by atoms with Crippen molar-refractivity contribution in [3.63, 3.8) is 0 Å². The van der Waals surface area contributed by atoms with Crippen LogP contribution in [0, 0.1) is 13.8 Å². The highest BCUT2D eigenvalue weighted by atomic mass is 32.1. The molecule has 2 aromatic rings. The summed E-state index contributed by atoms with van der Waals surface area (Å²) in [6.07, 6.45) is 0. The number of hydrogen-bond donors (Lipinski definition) is 2. The van der Waals surface area contributed by atoms with Gasteiger partial charge >= 0.3 is 0 Å². The molecule has 0 unspecified atom stereocenters. The zero-order valence-corrected chi connectivity index (χ0v) is 18.1. The molecule has 27 heavy (non-hydrogen) atoms. The Labute approximate surface area is 167 Å². The lowest BCUT2D eigenvalue weighted by Crippen LogP contribution is -2.36. The van der Waals surface area contributed by atoms with Gasteiger partial charge in [0.2, 0.25) is 0 Å². The van der Waals surface area contributed by atoms with E-state index in [2.05, 4.69) is 72.5 Å². The zero-order valence-electron chi connectivity index (χ0n) is 17.3. The normalized spacial score (nSPS) is 11.9. The number of aromatic nitrogens is 1. The van der Waals surface area contributed by atoms with Crippen LogP contribution in [-0.4, -0.2) is 35.5 Å². The minimum Gasteiger partial charge on any atom is -0.357 e. The van der Waals surface area contributed by atoms with E-state index < -0.39 is 0 Å². The SMILES string of the molecule is CCNC(=NCc1cccc(CN(CC)CC)c1)NCc1sc(C)nc1C. The largest absolute Gasteiger partial charge is 0.357 e. The molecule has 2 N–H and O–H groups in total. The minimum atomic E-state index is 0.669. The fourth-order valence-corrected chi connectivity index (χ4v) is 3.82. The molecule has 1 heterocycles. The highest BCUT2D eigenvalue weighted by Gasteiger charge is 2.06. The first-order valence-electron chi connectivity index (χ1n) is 9.80. The average molecular weight is 388 g/mol. The van der Waals surface area contributed by atoms with Crippen LogP contribution in [0.2, 0.25) is 0 Å². The third-order valence-corrected chi connectivity index (χ3v) is 5.54. The van der Waals surface area contributed by atoms with Crippen LogP contribution in [0.1, 0.15) is 47.5 Å². The highest BCUT2D eigenvalue weighted by molar-refractivity contribution is 7.11. The van der Waals surface area contributed by atoms with E-state index in [-0.39, 0.29) is 0 Å². The summed E-state index contributed by atoms with van der Waals surface area (Å²) in [6, 6.07) is 8.75. The van der Waals surface area contributed by atoms with Gasteiger partial charge in [0.25, 0.3) is 0 Å². The summed E-state index contributed by atoms with van der Waals surface area (Å²) in [5, 5.41) is 7.86. The summed E-state index contributed by atoms with van der Waals surface area (Å²) < 4.78 is 0. The predicted molar refractivity (Wildman–Crippen MR) is 116 cm³/mol. The van der Waals surface area contributed by atoms with Gasteiger partial charge in [-0.3, -0.25) is 4.90 Å². The molecule has 0 saturated carbocycles. The lowest BCUT2D eigenvalue weighted by atomic mass is 10.1. The van der Waals surface area contributed by atoms with Crippen LogP contribution in [0.4, 0.5) is 0 Å². The molecule has 148 valence electrons. The predicted octanol–water partition coefficient (Wildman–Crippen LogP) is 3.86. The number of benzene rings is 1. The topological polar surface area (TPSA) is 52.6 Å². The van der Waals surface area contributed by atoms with Crippen LogP contribution in [-0.2, 0) is 19.6 Å². The fraction of sp³-hybridized carbons (Fsp3) is 0.524. The Morgan fingerprint density at radius 1 is 1.11 bits per heavy atom. The summed E-state index contributed by atoms with van der Waals surface area (Å²) in [4.78, 5) is 12.9. The van der Waals surface area contributed by atoms with Crippen LogP contribution in [0.15, 0.2) is 29.3 Å². The third kappa shape index (κ3) is 6.96. The second-order valence-corrected chi connectivity index (χ2v) is 7.86. The molecule has 0 bridgehead atoms. The number of guanidine groups is 1. The molecule has 0 amide bonds. The summed E-state index contributed by atoms with van der Waals surface area (Å²) in [5.41, 5.74) is 3.69. The van der Waals surface area contributed by atoms with E-state index in [1.54, 1.807) is 11.3 Å². The Morgan fingerprint density at radius 3 is 2.48 bits per heavy atom. The Hall–Kier alpha value is -1.92. The van der Waals surface area contributed by atoms with Gasteiger partial charge in [-0.05, 0) is 45.0 Å². The summed E-state index contributed by atoms with van der Waals surface area (Å²) >= 11 is 1.74. The molecule has 0 spiro atoms. The van der Waals surface area contributed by atoms with E-state index in [0.29, 0.717) is 6.54 Å². The highest BCUT2D eigenvalue weighted by Crippen LogP contribution is 2.16. The van der Waals surface area contributed by atoms with Gasteiger partial charge in [-0.15, -0.1) is 11.3 Å². The maximum Gasteiger partial charge on any atom is 0.191 e. The van der Waals surface area contributed by atoms with Crippen LogP contribution in [0.3, 0.4) is 0 Å². The third-order valence-electron chi connectivity index (χ3n) is 4.47. The first-order valence-corrected chi connectivity index (χ1v) is 10.6. The summed E-state index contributed by atoms with van der Waals surface area (Å²) in [6.45, 7) is 16.0. The van der Waals surface area contributed by atoms with E-state index in [0.717, 1.165) is 49.4 Å². The van der Waals surface area contributed by atoms with E-state index in [4.69, 9.17) is 4.99 Å². The number of hydrogen-bond acceptors (Lipinski definition) is 4. The van der Waals surface area contributed by atoms with Crippen LogP contribution < -0.4 is 10.6 Å². The van der Waals surface area contributed by atoms with Gasteiger partial charge in [-0.25, -0.2) is 9.98 Å². The lowest BCUT2D eigenvalue weighted by Gasteiger charge is -2.18. The quantitative estimate of drug-likeness (QED) is 0.507. The van der Waals surface area contributed by atoms with Crippen molar-refractivity contribution < 1.29 is 0 Å². The van der Waals surface area contributed by atoms with Gasteiger partial charge in [0.1, 0.15) is 0 Å². The van der Waals surface area contributed by atoms with Gasteiger partial charge < -0.3 is 10.6 Å². The Bertz CT molecular complexity index is 734. The van der Waals surface area contributed by atoms with Crippen molar-refractivity contribution in [2.75, 3.05) is 19.6 Å². The Morgan fingerprint density at radius 2 is 1.85 bits per heavy atom. The van der Waals surface area contributed by atoms with E-state index in [1.165, 1.54) is 16.0 Å². The van der Waals surface area contributed by atoms with Crippen LogP contribution >= 0.6 is 11.3 Å². The van der Waals surface area contributed by atoms with Crippen molar-refractivity contribution >= 4 is 17.3 Å². The molecule has 1 aromatic heterocycles. The molecule has 0 aliphatic carbocycles. The number of aryl methyl sites for hydroxylation is 2. The van der Waals surface area contributed by atoms with Crippen molar-refractivity contribution in [1.82, 2.24) is 20.5 Å². The molecule has 0 aliphatic heterocycles. The maximum absolute atomic E-state index is 4.76. The zero-order chi connectivity index (χ0) is 19.6. The van der Waals surface area contributed by atoms with Crippen molar-refractivity contribution in [2.45, 2.75) is 54.3 Å². The van der Waals surface area contributed by atoms with Gasteiger partial charge in [0, 0.05) is 18.0 Å². The molecule has 0 atom stereocenters. The molecule has 5 nitrogen and oxygen atoms in total. The smallest absolute Gasteiger partial charge is 0.191 e. The molecule has 0 fully saturated rings. The van der Waals surface area contributed by atoms with E-state index in [1.807, 2.05) is 6.92 Å². The van der Waals surface area contributed by atoms with E-state index in [9.17, 15) is 0 Å². The summed E-state index contributed by atoms with van der Waals surface area (Å²) in [5.74, 6) is 0.845. The molecule has 0 radical (unpaired) electrons. The van der Waals surface area contributed by atoms with Gasteiger partial charge in [-0.2, -0.15) is 0 Å². The molecule has 1 aromatic carbocycles. The molecule has 0 aliphatic rings. The Kier molecular flexibility index (Phi) is 8.75.